The molecule has 1 amide bonds. The number of carbonyl (C=O) groups excluding carboxylic acids is 1. The van der Waals surface area contributed by atoms with Crippen LogP contribution in [0.5, 0.6) is 0 Å². The van der Waals surface area contributed by atoms with Gasteiger partial charge in [-0.05, 0) is 57.2 Å². The van der Waals surface area contributed by atoms with Crippen molar-refractivity contribution in [2.75, 3.05) is 32.7 Å². The van der Waals surface area contributed by atoms with Crippen LogP contribution < -0.4 is 10.6 Å². The second-order valence-electron chi connectivity index (χ2n) is 8.84. The van der Waals surface area contributed by atoms with Gasteiger partial charge in [0.05, 0.1) is 11.4 Å². The molecule has 3 fully saturated rings. The van der Waals surface area contributed by atoms with Gasteiger partial charge in [-0.15, -0.1) is 0 Å². The molecule has 2 atom stereocenters. The third-order valence-electron chi connectivity index (χ3n) is 6.86. The Morgan fingerprint density at radius 2 is 1.79 bits per heavy atom. The first-order chi connectivity index (χ1) is 13.7. The molecule has 3 saturated heterocycles. The Morgan fingerprint density at radius 1 is 1.14 bits per heavy atom. The predicted octanol–water partition coefficient (Wildman–Crippen LogP) is 2.10. The molecule has 0 saturated carbocycles. The van der Waals surface area contributed by atoms with E-state index >= 15 is 0 Å². The van der Waals surface area contributed by atoms with E-state index < -0.39 is 15.6 Å². The number of hydrogen-bond donors (Lipinski definition) is 2. The molecule has 8 heteroatoms. The summed E-state index contributed by atoms with van der Waals surface area (Å²) in [7, 11) is -3.51. The molecule has 0 radical (unpaired) electrons. The second kappa shape index (κ2) is 7.56. The summed E-state index contributed by atoms with van der Waals surface area (Å²) in [5, 5.41) is 6.26. The summed E-state index contributed by atoms with van der Waals surface area (Å²) in [6.45, 7) is 8.95. The van der Waals surface area contributed by atoms with Crippen molar-refractivity contribution >= 4 is 16.1 Å². The Morgan fingerprint density at radius 3 is 2.38 bits per heavy atom. The van der Waals surface area contributed by atoms with Gasteiger partial charge in [0, 0.05) is 32.0 Å². The number of ether oxygens (including phenoxy) is 1. The first kappa shape index (κ1) is 20.6. The minimum Gasteiger partial charge on any atom is -0.441 e. The molecule has 0 bridgehead atoms. The van der Waals surface area contributed by atoms with Crippen LogP contribution in [0.3, 0.4) is 0 Å². The fourth-order valence-electron chi connectivity index (χ4n) is 5.57. The van der Waals surface area contributed by atoms with Gasteiger partial charge in [0.25, 0.3) is 0 Å². The van der Waals surface area contributed by atoms with Crippen molar-refractivity contribution in [3.05, 3.63) is 28.8 Å². The van der Waals surface area contributed by atoms with Gasteiger partial charge >= 0.3 is 6.09 Å². The van der Waals surface area contributed by atoms with Crippen molar-refractivity contribution in [1.82, 2.24) is 14.9 Å². The lowest BCUT2D eigenvalue weighted by atomic mass is 9.71. The van der Waals surface area contributed by atoms with E-state index in [1.165, 1.54) is 0 Å². The summed E-state index contributed by atoms with van der Waals surface area (Å²) in [4.78, 5) is 12.2. The Balaban J connectivity index is 1.50. The number of nitrogens with one attached hydrogen (secondary N) is 2. The summed E-state index contributed by atoms with van der Waals surface area (Å²) in [5.74, 6) is 0.546. The van der Waals surface area contributed by atoms with E-state index in [1.807, 2.05) is 32.9 Å². The Labute approximate surface area is 173 Å². The summed E-state index contributed by atoms with van der Waals surface area (Å²) in [5.41, 5.74) is 2.25. The molecule has 1 spiro atoms. The maximum absolute atomic E-state index is 13.4. The van der Waals surface area contributed by atoms with Gasteiger partial charge in [0.15, 0.2) is 0 Å². The molecular weight excluding hydrogens is 390 g/mol. The monoisotopic (exact) mass is 421 g/mol. The van der Waals surface area contributed by atoms with Crippen molar-refractivity contribution in [3.8, 4) is 0 Å². The van der Waals surface area contributed by atoms with Crippen molar-refractivity contribution in [2.45, 2.75) is 50.5 Å². The molecule has 0 aromatic heterocycles. The standard InChI is InChI=1S/C21H31N3O4S/c1-14-10-15(2)19(16(3)11-14)29(26,27)24-8-4-17(5-9-24)18-12-22-7-6-21(18)13-23-20(25)28-21/h10-11,17-18,22H,4-9,12-13H2,1-3H3,(H,23,25). The average molecular weight is 422 g/mol. The quantitative estimate of drug-likeness (QED) is 0.780. The van der Waals surface area contributed by atoms with Crippen LogP contribution in [0.15, 0.2) is 17.0 Å². The Hall–Kier alpha value is -1.64. The zero-order valence-corrected chi connectivity index (χ0v) is 18.3. The number of nitrogens with zero attached hydrogens (tertiary/aromatic N) is 1. The largest absolute Gasteiger partial charge is 0.441 e. The lowest BCUT2D eigenvalue weighted by Crippen LogP contribution is -2.56. The predicted molar refractivity (Wildman–Crippen MR) is 110 cm³/mol. The number of sulfonamides is 1. The molecule has 1 aromatic carbocycles. The highest BCUT2D eigenvalue weighted by Crippen LogP contribution is 2.41. The van der Waals surface area contributed by atoms with Crippen LogP contribution >= 0.6 is 0 Å². The van der Waals surface area contributed by atoms with Gasteiger partial charge in [-0.3, -0.25) is 0 Å². The summed E-state index contributed by atoms with van der Waals surface area (Å²) in [6.07, 6.45) is 2.04. The molecular formula is C21H31N3O4S. The summed E-state index contributed by atoms with van der Waals surface area (Å²) in [6, 6.07) is 3.87. The van der Waals surface area contributed by atoms with Crippen molar-refractivity contribution < 1.29 is 17.9 Å². The van der Waals surface area contributed by atoms with E-state index in [0.29, 0.717) is 30.4 Å². The Kier molecular flexibility index (Phi) is 5.38. The molecule has 3 aliphatic rings. The van der Waals surface area contributed by atoms with E-state index in [-0.39, 0.29) is 12.0 Å². The molecule has 7 nitrogen and oxygen atoms in total. The van der Waals surface area contributed by atoms with Crippen LogP contribution in [0.1, 0.15) is 36.0 Å². The van der Waals surface area contributed by atoms with Crippen LogP contribution in [-0.2, 0) is 14.8 Å². The van der Waals surface area contributed by atoms with Crippen LogP contribution in [-0.4, -0.2) is 57.1 Å². The van der Waals surface area contributed by atoms with E-state index in [2.05, 4.69) is 10.6 Å². The minimum atomic E-state index is -3.51. The van der Waals surface area contributed by atoms with Gasteiger partial charge < -0.3 is 15.4 Å². The topological polar surface area (TPSA) is 87.7 Å². The Bertz CT molecular complexity index is 885. The van der Waals surface area contributed by atoms with Crippen LogP contribution in [0.2, 0.25) is 0 Å². The highest BCUT2D eigenvalue weighted by atomic mass is 32.2. The number of rotatable bonds is 3. The highest BCUT2D eigenvalue weighted by Gasteiger charge is 2.51. The van der Waals surface area contributed by atoms with Gasteiger partial charge in [-0.2, -0.15) is 4.31 Å². The molecule has 4 rings (SSSR count). The van der Waals surface area contributed by atoms with Crippen molar-refractivity contribution in [2.24, 2.45) is 11.8 Å². The van der Waals surface area contributed by atoms with E-state index in [0.717, 1.165) is 49.0 Å². The van der Waals surface area contributed by atoms with Crippen LogP contribution in [0, 0.1) is 32.6 Å². The third-order valence-corrected chi connectivity index (χ3v) is 9.07. The van der Waals surface area contributed by atoms with E-state index in [1.54, 1.807) is 4.31 Å². The average Bonchev–Trinajstić information content (AvgIpc) is 3.02. The summed E-state index contributed by atoms with van der Waals surface area (Å²) >= 11 is 0. The zero-order valence-electron chi connectivity index (χ0n) is 17.5. The number of carbonyl (C=O) groups is 1. The lowest BCUT2D eigenvalue weighted by molar-refractivity contribution is -0.0460. The van der Waals surface area contributed by atoms with Gasteiger partial charge in [-0.25, -0.2) is 13.2 Å². The lowest BCUT2D eigenvalue weighted by Gasteiger charge is -2.45. The van der Waals surface area contributed by atoms with Crippen molar-refractivity contribution in [3.63, 3.8) is 0 Å². The number of benzene rings is 1. The van der Waals surface area contributed by atoms with E-state index in [4.69, 9.17) is 4.74 Å². The number of piperidine rings is 2. The van der Waals surface area contributed by atoms with E-state index in [9.17, 15) is 13.2 Å². The fourth-order valence-corrected chi connectivity index (χ4v) is 7.45. The van der Waals surface area contributed by atoms with Crippen LogP contribution in [0.25, 0.3) is 0 Å². The molecule has 29 heavy (non-hydrogen) atoms. The first-order valence-corrected chi connectivity index (χ1v) is 11.9. The number of aryl methyl sites for hydroxylation is 3. The normalized spacial score (nSPS) is 29.1. The molecule has 1 aromatic rings. The number of hydrogen-bond acceptors (Lipinski definition) is 5. The maximum atomic E-state index is 13.4. The second-order valence-corrected chi connectivity index (χ2v) is 10.7. The molecule has 3 aliphatic heterocycles. The smallest absolute Gasteiger partial charge is 0.407 e. The van der Waals surface area contributed by atoms with Gasteiger partial charge in [0.2, 0.25) is 10.0 Å². The van der Waals surface area contributed by atoms with Crippen LogP contribution in [0.4, 0.5) is 4.79 Å². The first-order valence-electron chi connectivity index (χ1n) is 10.5. The maximum Gasteiger partial charge on any atom is 0.407 e. The SMILES string of the molecule is Cc1cc(C)c(S(=O)(=O)N2CCC(C3CNCCC34CNC(=O)O4)CC2)c(C)c1. The summed E-state index contributed by atoms with van der Waals surface area (Å²) < 4.78 is 34.1. The van der Waals surface area contributed by atoms with Crippen molar-refractivity contribution in [1.29, 1.82) is 0 Å². The van der Waals surface area contributed by atoms with Gasteiger partial charge in [0.1, 0.15) is 5.60 Å². The molecule has 160 valence electrons. The highest BCUT2D eigenvalue weighted by molar-refractivity contribution is 7.89. The molecule has 2 unspecified atom stereocenters. The molecule has 3 heterocycles. The number of alkyl carbamates (subject to hydrolysis) is 1. The van der Waals surface area contributed by atoms with Gasteiger partial charge in [-0.1, -0.05) is 17.7 Å². The third kappa shape index (κ3) is 3.66. The minimum absolute atomic E-state index is 0.211. The number of amides is 1. The zero-order chi connectivity index (χ0) is 20.8. The fraction of sp³-hybridized carbons (Fsp3) is 0.667. The molecule has 2 N–H and O–H groups in total. The molecule has 0 aliphatic carbocycles.